The van der Waals surface area contributed by atoms with E-state index in [2.05, 4.69) is 4.98 Å². The molecule has 1 aromatic rings. The molecule has 1 rings (SSSR count). The molecule has 1 atom stereocenters. The molecule has 0 aliphatic heterocycles. The first-order valence-corrected chi connectivity index (χ1v) is 4.92. The molecule has 82 valence electrons. The Labute approximate surface area is 89.1 Å². The Morgan fingerprint density at radius 1 is 1.60 bits per heavy atom. The molecule has 0 spiro atoms. The van der Waals surface area contributed by atoms with Crippen molar-refractivity contribution in [1.82, 2.24) is 4.98 Å². The van der Waals surface area contributed by atoms with Gasteiger partial charge in [0, 0.05) is 18.4 Å². The smallest absolute Gasteiger partial charge is 0.310 e. The highest BCUT2D eigenvalue weighted by Gasteiger charge is 2.30. The summed E-state index contributed by atoms with van der Waals surface area (Å²) in [5.41, 5.74) is 5.52. The van der Waals surface area contributed by atoms with E-state index < -0.39 is 11.4 Å². The first-order valence-electron chi connectivity index (χ1n) is 4.92. The van der Waals surface area contributed by atoms with Crippen molar-refractivity contribution >= 4 is 5.97 Å². The first kappa shape index (κ1) is 11.7. The van der Waals surface area contributed by atoms with Gasteiger partial charge in [0.05, 0.1) is 5.41 Å². The Bertz CT molecular complexity index is 327. The summed E-state index contributed by atoms with van der Waals surface area (Å²) in [4.78, 5) is 15.1. The van der Waals surface area contributed by atoms with Crippen LogP contribution in [0.5, 0.6) is 0 Å². The molecule has 0 aromatic carbocycles. The number of nitrogens with two attached hydrogens (primary N) is 1. The number of nitrogens with zero attached hydrogens (tertiary/aromatic N) is 1. The van der Waals surface area contributed by atoms with E-state index in [0.29, 0.717) is 12.8 Å². The number of rotatable bonds is 5. The standard InChI is InChI=1S/C11H16N2O2/c1-11(8-12,10(14)15)6-5-9-4-2-3-7-13-9/h2-4,7H,5-6,8,12H2,1H3,(H,14,15). The maximum Gasteiger partial charge on any atom is 0.310 e. The minimum Gasteiger partial charge on any atom is -0.481 e. The molecule has 1 unspecified atom stereocenters. The number of aliphatic carboxylic acids is 1. The molecular weight excluding hydrogens is 192 g/mol. The van der Waals surface area contributed by atoms with Gasteiger partial charge in [0.15, 0.2) is 0 Å². The second-order valence-electron chi connectivity index (χ2n) is 3.89. The van der Waals surface area contributed by atoms with Crippen molar-refractivity contribution in [2.75, 3.05) is 6.54 Å². The molecule has 0 saturated heterocycles. The van der Waals surface area contributed by atoms with Gasteiger partial charge in [0.2, 0.25) is 0 Å². The van der Waals surface area contributed by atoms with Crippen LogP contribution in [0.15, 0.2) is 24.4 Å². The predicted octanol–water partition coefficient (Wildman–Crippen LogP) is 1.06. The Kier molecular flexibility index (Phi) is 3.80. The summed E-state index contributed by atoms with van der Waals surface area (Å²) in [6.07, 6.45) is 2.85. The van der Waals surface area contributed by atoms with Gasteiger partial charge < -0.3 is 10.8 Å². The summed E-state index contributed by atoms with van der Waals surface area (Å²) in [5.74, 6) is -0.846. The summed E-state index contributed by atoms with van der Waals surface area (Å²) >= 11 is 0. The third-order valence-electron chi connectivity index (χ3n) is 2.63. The third-order valence-corrected chi connectivity index (χ3v) is 2.63. The number of carboxylic acid groups (broad SMARTS) is 1. The quantitative estimate of drug-likeness (QED) is 0.758. The Hall–Kier alpha value is -1.42. The van der Waals surface area contributed by atoms with Crippen LogP contribution in [0.2, 0.25) is 0 Å². The number of aryl methyl sites for hydroxylation is 1. The minimum atomic E-state index is -0.850. The van der Waals surface area contributed by atoms with Crippen LogP contribution < -0.4 is 5.73 Å². The van der Waals surface area contributed by atoms with Crippen LogP contribution >= 0.6 is 0 Å². The first-order chi connectivity index (χ1) is 7.08. The summed E-state index contributed by atoms with van der Waals surface area (Å²) < 4.78 is 0. The van der Waals surface area contributed by atoms with Crippen LogP contribution in [0.1, 0.15) is 19.0 Å². The molecule has 1 aromatic heterocycles. The van der Waals surface area contributed by atoms with E-state index in [1.54, 1.807) is 13.1 Å². The van der Waals surface area contributed by atoms with E-state index in [-0.39, 0.29) is 6.54 Å². The summed E-state index contributed by atoms with van der Waals surface area (Å²) in [5, 5.41) is 9.01. The van der Waals surface area contributed by atoms with E-state index in [1.165, 1.54) is 0 Å². The van der Waals surface area contributed by atoms with Crippen molar-refractivity contribution in [3.8, 4) is 0 Å². The zero-order valence-corrected chi connectivity index (χ0v) is 8.81. The van der Waals surface area contributed by atoms with E-state index in [1.807, 2.05) is 18.2 Å². The Balaban J connectivity index is 2.59. The predicted molar refractivity (Wildman–Crippen MR) is 57.4 cm³/mol. The molecule has 0 amide bonds. The molecule has 1 heterocycles. The summed E-state index contributed by atoms with van der Waals surface area (Å²) in [7, 11) is 0. The van der Waals surface area contributed by atoms with Gasteiger partial charge in [0.1, 0.15) is 0 Å². The van der Waals surface area contributed by atoms with Gasteiger partial charge in [-0.3, -0.25) is 9.78 Å². The molecule has 3 N–H and O–H groups in total. The lowest BCUT2D eigenvalue weighted by atomic mass is 9.85. The van der Waals surface area contributed by atoms with Crippen molar-refractivity contribution < 1.29 is 9.90 Å². The van der Waals surface area contributed by atoms with Gasteiger partial charge in [-0.1, -0.05) is 6.07 Å². The van der Waals surface area contributed by atoms with Gasteiger partial charge in [-0.25, -0.2) is 0 Å². The van der Waals surface area contributed by atoms with Crippen molar-refractivity contribution in [2.45, 2.75) is 19.8 Å². The monoisotopic (exact) mass is 208 g/mol. The van der Waals surface area contributed by atoms with E-state index in [0.717, 1.165) is 5.69 Å². The lowest BCUT2D eigenvalue weighted by molar-refractivity contribution is -0.147. The molecule has 0 radical (unpaired) electrons. The zero-order valence-electron chi connectivity index (χ0n) is 8.81. The fourth-order valence-electron chi connectivity index (χ4n) is 1.25. The largest absolute Gasteiger partial charge is 0.481 e. The molecule has 0 saturated carbocycles. The summed E-state index contributed by atoms with van der Waals surface area (Å²) in [6.45, 7) is 1.81. The topological polar surface area (TPSA) is 76.2 Å². The second-order valence-corrected chi connectivity index (χ2v) is 3.89. The van der Waals surface area contributed by atoms with Gasteiger partial charge in [-0.05, 0) is 31.9 Å². The third kappa shape index (κ3) is 3.02. The number of pyridine rings is 1. The molecule has 0 bridgehead atoms. The zero-order chi connectivity index (χ0) is 11.3. The normalized spacial score (nSPS) is 14.5. The number of carbonyl (C=O) groups is 1. The van der Waals surface area contributed by atoms with Crippen molar-refractivity contribution in [3.05, 3.63) is 30.1 Å². The van der Waals surface area contributed by atoms with E-state index in [4.69, 9.17) is 10.8 Å². The fourth-order valence-corrected chi connectivity index (χ4v) is 1.25. The van der Waals surface area contributed by atoms with E-state index >= 15 is 0 Å². The van der Waals surface area contributed by atoms with Crippen molar-refractivity contribution in [3.63, 3.8) is 0 Å². The lowest BCUT2D eigenvalue weighted by Gasteiger charge is -2.22. The molecule has 4 nitrogen and oxygen atoms in total. The average molecular weight is 208 g/mol. The van der Waals surface area contributed by atoms with Crippen LogP contribution in [0.25, 0.3) is 0 Å². The SMILES string of the molecule is CC(CN)(CCc1ccccn1)C(=O)O. The van der Waals surface area contributed by atoms with Gasteiger partial charge >= 0.3 is 5.97 Å². The highest BCUT2D eigenvalue weighted by molar-refractivity contribution is 5.74. The number of hydrogen-bond acceptors (Lipinski definition) is 3. The average Bonchev–Trinajstić information content (AvgIpc) is 2.27. The number of hydrogen-bond donors (Lipinski definition) is 2. The fraction of sp³-hybridized carbons (Fsp3) is 0.455. The Morgan fingerprint density at radius 2 is 2.33 bits per heavy atom. The van der Waals surface area contributed by atoms with Crippen LogP contribution in [0, 0.1) is 5.41 Å². The number of carboxylic acids is 1. The minimum absolute atomic E-state index is 0.148. The van der Waals surface area contributed by atoms with Crippen LogP contribution in [-0.4, -0.2) is 22.6 Å². The van der Waals surface area contributed by atoms with Gasteiger partial charge in [-0.15, -0.1) is 0 Å². The highest BCUT2D eigenvalue weighted by Crippen LogP contribution is 2.21. The van der Waals surface area contributed by atoms with Gasteiger partial charge in [-0.2, -0.15) is 0 Å². The van der Waals surface area contributed by atoms with Gasteiger partial charge in [0.25, 0.3) is 0 Å². The maximum absolute atomic E-state index is 11.0. The molecule has 0 fully saturated rings. The highest BCUT2D eigenvalue weighted by atomic mass is 16.4. The molecule has 15 heavy (non-hydrogen) atoms. The van der Waals surface area contributed by atoms with Crippen LogP contribution in [-0.2, 0) is 11.2 Å². The number of aromatic nitrogens is 1. The van der Waals surface area contributed by atoms with E-state index in [9.17, 15) is 4.79 Å². The summed E-state index contributed by atoms with van der Waals surface area (Å²) in [6, 6.07) is 5.62. The molecule has 0 aliphatic rings. The molecular formula is C11H16N2O2. The second kappa shape index (κ2) is 4.89. The van der Waals surface area contributed by atoms with Crippen LogP contribution in [0.3, 0.4) is 0 Å². The maximum atomic E-state index is 11.0. The molecule has 0 aliphatic carbocycles. The van der Waals surface area contributed by atoms with Crippen LogP contribution in [0.4, 0.5) is 0 Å². The molecule has 4 heteroatoms. The van der Waals surface area contributed by atoms with Crippen molar-refractivity contribution in [2.24, 2.45) is 11.1 Å². The van der Waals surface area contributed by atoms with Crippen molar-refractivity contribution in [1.29, 1.82) is 0 Å². The Morgan fingerprint density at radius 3 is 2.80 bits per heavy atom. The lowest BCUT2D eigenvalue weighted by Crippen LogP contribution is -2.36.